The molecule has 1 N–H and O–H groups in total. The van der Waals surface area contributed by atoms with Crippen LogP contribution in [0.1, 0.15) is 0 Å². The van der Waals surface area contributed by atoms with Gasteiger partial charge in [-0.2, -0.15) is 0 Å². The van der Waals surface area contributed by atoms with Crippen molar-refractivity contribution in [2.75, 3.05) is 4.72 Å². The van der Waals surface area contributed by atoms with Gasteiger partial charge in [0.2, 0.25) is 0 Å². The molecule has 0 aliphatic heterocycles. The van der Waals surface area contributed by atoms with Gasteiger partial charge in [0.1, 0.15) is 15.9 Å². The van der Waals surface area contributed by atoms with Crippen molar-refractivity contribution in [3.8, 4) is 0 Å². The molecule has 0 bridgehead atoms. The number of aromatic nitrogens is 1. The summed E-state index contributed by atoms with van der Waals surface area (Å²) in [5, 5.41) is 0.107. The van der Waals surface area contributed by atoms with Crippen LogP contribution in [0.5, 0.6) is 0 Å². The van der Waals surface area contributed by atoms with Crippen molar-refractivity contribution in [2.45, 2.75) is 4.90 Å². The van der Waals surface area contributed by atoms with Crippen LogP contribution in [0.25, 0.3) is 0 Å². The van der Waals surface area contributed by atoms with Crippen LogP contribution >= 0.6 is 34.8 Å². The van der Waals surface area contributed by atoms with Gasteiger partial charge < -0.3 is 0 Å². The molecule has 0 radical (unpaired) electrons. The predicted molar refractivity (Wildman–Crippen MR) is 76.5 cm³/mol. The Labute approximate surface area is 129 Å². The molecule has 9 heteroatoms. The largest absolute Gasteiger partial charge is 0.277 e. The molecule has 0 aliphatic carbocycles. The molecule has 2 rings (SSSR count). The Kier molecular flexibility index (Phi) is 4.39. The molecule has 0 amide bonds. The summed E-state index contributed by atoms with van der Waals surface area (Å²) in [6.45, 7) is 0. The second kappa shape index (κ2) is 5.73. The molecule has 1 aromatic heterocycles. The SMILES string of the molecule is O=S(=O)(Nc1ccc(Cl)cc1F)c1cnc(Cl)c(Cl)c1. The van der Waals surface area contributed by atoms with E-state index in [2.05, 4.69) is 9.71 Å². The number of pyridine rings is 1. The van der Waals surface area contributed by atoms with Crippen LogP contribution in [0.3, 0.4) is 0 Å². The fourth-order valence-corrected chi connectivity index (χ4v) is 2.86. The first-order valence-corrected chi connectivity index (χ1v) is 7.70. The molecule has 1 heterocycles. The second-order valence-electron chi connectivity index (χ2n) is 3.67. The van der Waals surface area contributed by atoms with Crippen molar-refractivity contribution in [2.24, 2.45) is 0 Å². The van der Waals surface area contributed by atoms with Crippen molar-refractivity contribution in [3.05, 3.63) is 51.5 Å². The Morgan fingerprint density at radius 1 is 1.15 bits per heavy atom. The summed E-state index contributed by atoms with van der Waals surface area (Å²) in [5.74, 6) is -0.797. The zero-order chi connectivity index (χ0) is 14.9. The van der Waals surface area contributed by atoms with Gasteiger partial charge in [0, 0.05) is 11.2 Å². The minimum Gasteiger partial charge on any atom is -0.277 e. The number of anilines is 1. The zero-order valence-electron chi connectivity index (χ0n) is 9.57. The molecule has 0 unspecified atom stereocenters. The van der Waals surface area contributed by atoms with Crippen LogP contribution in [0.15, 0.2) is 35.4 Å². The van der Waals surface area contributed by atoms with Gasteiger partial charge in [-0.3, -0.25) is 4.72 Å². The van der Waals surface area contributed by atoms with E-state index in [4.69, 9.17) is 34.8 Å². The maximum absolute atomic E-state index is 13.6. The van der Waals surface area contributed by atoms with E-state index in [1.165, 1.54) is 12.1 Å². The van der Waals surface area contributed by atoms with Crippen LogP contribution in [0, 0.1) is 5.82 Å². The summed E-state index contributed by atoms with van der Waals surface area (Å²) in [5.41, 5.74) is -0.236. The fraction of sp³-hybridized carbons (Fsp3) is 0. The molecule has 0 aliphatic rings. The third-order valence-corrected chi connectivity index (χ3v) is 4.51. The number of benzene rings is 1. The summed E-state index contributed by atoms with van der Waals surface area (Å²) in [7, 11) is -4.03. The summed E-state index contributed by atoms with van der Waals surface area (Å²) in [6, 6.07) is 4.68. The van der Waals surface area contributed by atoms with Gasteiger partial charge >= 0.3 is 0 Å². The van der Waals surface area contributed by atoms with E-state index in [0.29, 0.717) is 0 Å². The lowest BCUT2D eigenvalue weighted by Gasteiger charge is -2.09. The molecule has 0 spiro atoms. The standard InChI is InChI=1S/C11H6Cl3FN2O2S/c12-6-1-2-10(9(15)3-6)17-20(18,19)7-4-8(13)11(14)16-5-7/h1-5,17H. The average molecular weight is 356 g/mol. The average Bonchev–Trinajstić information content (AvgIpc) is 2.36. The Bertz CT molecular complexity index is 768. The molecule has 0 saturated heterocycles. The van der Waals surface area contributed by atoms with E-state index >= 15 is 0 Å². The summed E-state index contributed by atoms with van der Waals surface area (Å²) >= 11 is 16.9. The zero-order valence-corrected chi connectivity index (χ0v) is 12.7. The van der Waals surface area contributed by atoms with E-state index in [-0.39, 0.29) is 25.8 Å². The van der Waals surface area contributed by atoms with Gasteiger partial charge in [-0.1, -0.05) is 34.8 Å². The van der Waals surface area contributed by atoms with Gasteiger partial charge in [-0.15, -0.1) is 0 Å². The van der Waals surface area contributed by atoms with Crippen molar-refractivity contribution in [1.29, 1.82) is 0 Å². The van der Waals surface area contributed by atoms with Crippen LogP contribution in [0.2, 0.25) is 15.2 Å². The molecular formula is C11H6Cl3FN2O2S. The van der Waals surface area contributed by atoms with Crippen molar-refractivity contribution in [1.82, 2.24) is 4.98 Å². The Balaban J connectivity index is 2.38. The number of hydrogen-bond donors (Lipinski definition) is 1. The molecule has 2 aromatic rings. The van der Waals surface area contributed by atoms with Crippen molar-refractivity contribution < 1.29 is 12.8 Å². The summed E-state index contributed by atoms with van der Waals surface area (Å²) in [6.07, 6.45) is 1.02. The Morgan fingerprint density at radius 3 is 2.45 bits per heavy atom. The van der Waals surface area contributed by atoms with Gasteiger partial charge in [0.25, 0.3) is 10.0 Å². The molecule has 0 atom stereocenters. The van der Waals surface area contributed by atoms with E-state index in [9.17, 15) is 12.8 Å². The van der Waals surface area contributed by atoms with Crippen molar-refractivity contribution in [3.63, 3.8) is 0 Å². The van der Waals surface area contributed by atoms with E-state index in [1.807, 2.05) is 0 Å². The molecule has 4 nitrogen and oxygen atoms in total. The summed E-state index contributed by atoms with van der Waals surface area (Å²) < 4.78 is 39.7. The first-order valence-electron chi connectivity index (χ1n) is 5.08. The molecule has 106 valence electrons. The molecular weight excluding hydrogens is 350 g/mol. The van der Waals surface area contributed by atoms with Gasteiger partial charge in [-0.05, 0) is 24.3 Å². The molecule has 0 saturated carbocycles. The third-order valence-electron chi connectivity index (χ3n) is 2.26. The monoisotopic (exact) mass is 354 g/mol. The number of rotatable bonds is 3. The number of hydrogen-bond acceptors (Lipinski definition) is 3. The Hall–Kier alpha value is -1.08. The third kappa shape index (κ3) is 3.32. The minimum absolute atomic E-state index is 0.0221. The van der Waals surface area contributed by atoms with Crippen LogP contribution in [-0.4, -0.2) is 13.4 Å². The van der Waals surface area contributed by atoms with E-state index < -0.39 is 15.8 Å². The maximum atomic E-state index is 13.6. The topological polar surface area (TPSA) is 59.1 Å². The highest BCUT2D eigenvalue weighted by Crippen LogP contribution is 2.25. The number of halogens is 4. The summed E-state index contributed by atoms with van der Waals surface area (Å²) in [4.78, 5) is 3.39. The molecule has 0 fully saturated rings. The molecule has 20 heavy (non-hydrogen) atoms. The lowest BCUT2D eigenvalue weighted by molar-refractivity contribution is 0.598. The smallest absolute Gasteiger partial charge is 0.263 e. The number of nitrogens with zero attached hydrogens (tertiary/aromatic N) is 1. The van der Waals surface area contributed by atoms with Crippen LogP contribution < -0.4 is 4.72 Å². The maximum Gasteiger partial charge on any atom is 0.263 e. The van der Waals surface area contributed by atoms with Gasteiger partial charge in [0.15, 0.2) is 0 Å². The van der Waals surface area contributed by atoms with Crippen LogP contribution in [-0.2, 0) is 10.0 Å². The fourth-order valence-electron chi connectivity index (χ4n) is 1.33. The Morgan fingerprint density at radius 2 is 1.85 bits per heavy atom. The highest BCUT2D eigenvalue weighted by molar-refractivity contribution is 7.92. The van der Waals surface area contributed by atoms with Gasteiger partial charge in [-0.25, -0.2) is 17.8 Å². The van der Waals surface area contributed by atoms with E-state index in [1.54, 1.807) is 0 Å². The van der Waals surface area contributed by atoms with E-state index in [0.717, 1.165) is 18.3 Å². The normalized spacial score (nSPS) is 11.4. The second-order valence-corrected chi connectivity index (χ2v) is 6.56. The van der Waals surface area contributed by atoms with Crippen molar-refractivity contribution >= 4 is 50.5 Å². The lowest BCUT2D eigenvalue weighted by atomic mass is 10.3. The highest BCUT2D eigenvalue weighted by atomic mass is 35.5. The van der Waals surface area contributed by atoms with Crippen LogP contribution in [0.4, 0.5) is 10.1 Å². The number of nitrogens with one attached hydrogen (secondary N) is 1. The first-order chi connectivity index (χ1) is 9.29. The minimum atomic E-state index is -4.03. The molecule has 1 aromatic carbocycles. The first kappa shape index (κ1) is 15.3. The lowest BCUT2D eigenvalue weighted by Crippen LogP contribution is -2.14. The quantitative estimate of drug-likeness (QED) is 0.847. The number of sulfonamides is 1. The predicted octanol–water partition coefficient (Wildman–Crippen LogP) is 3.98. The van der Waals surface area contributed by atoms with Gasteiger partial charge in [0.05, 0.1) is 10.7 Å². The highest BCUT2D eigenvalue weighted by Gasteiger charge is 2.18.